The van der Waals surface area contributed by atoms with Gasteiger partial charge in [-0.1, -0.05) is 6.08 Å². The van der Waals surface area contributed by atoms with Gasteiger partial charge in [-0.3, -0.25) is 9.59 Å². The van der Waals surface area contributed by atoms with Crippen molar-refractivity contribution in [2.24, 2.45) is 5.41 Å². The number of nitriles is 1. The Morgan fingerprint density at radius 2 is 2.31 bits per heavy atom. The molecule has 66 valence electrons. The van der Waals surface area contributed by atoms with E-state index >= 15 is 0 Å². The molecule has 1 unspecified atom stereocenters. The van der Waals surface area contributed by atoms with Crippen molar-refractivity contribution < 1.29 is 14.7 Å². The zero-order valence-corrected chi connectivity index (χ0v) is 6.94. The van der Waals surface area contributed by atoms with E-state index in [1.165, 1.54) is 13.0 Å². The Kier molecular flexibility index (Phi) is 2.03. The van der Waals surface area contributed by atoms with Gasteiger partial charge in [-0.2, -0.15) is 5.26 Å². The first-order valence-electron chi connectivity index (χ1n) is 3.59. The Hall–Kier alpha value is -1.89. The first-order chi connectivity index (χ1) is 5.99. The molecule has 1 atom stereocenters. The van der Waals surface area contributed by atoms with Gasteiger partial charge in [-0.25, -0.2) is 0 Å². The van der Waals surface area contributed by atoms with Gasteiger partial charge in [0, 0.05) is 0 Å². The van der Waals surface area contributed by atoms with Crippen LogP contribution < -0.4 is 0 Å². The van der Waals surface area contributed by atoms with Gasteiger partial charge in [-0.05, 0) is 19.1 Å². The van der Waals surface area contributed by atoms with E-state index in [0.717, 1.165) is 12.2 Å². The van der Waals surface area contributed by atoms with Gasteiger partial charge in [0.2, 0.25) is 0 Å². The van der Waals surface area contributed by atoms with Gasteiger partial charge in [0.05, 0.1) is 5.57 Å². The first-order valence-corrected chi connectivity index (χ1v) is 3.59. The number of rotatable bonds is 1. The Morgan fingerprint density at radius 3 is 2.77 bits per heavy atom. The topological polar surface area (TPSA) is 78.2 Å². The van der Waals surface area contributed by atoms with Crippen molar-refractivity contribution in [2.75, 3.05) is 0 Å². The SMILES string of the molecule is CC1(C(=O)O)C=CC(=O)C(C#N)=C1. The van der Waals surface area contributed by atoms with E-state index in [0.29, 0.717) is 0 Å². The summed E-state index contributed by atoms with van der Waals surface area (Å²) >= 11 is 0. The lowest BCUT2D eigenvalue weighted by Gasteiger charge is -2.18. The van der Waals surface area contributed by atoms with Crippen molar-refractivity contribution in [3.05, 3.63) is 23.8 Å². The van der Waals surface area contributed by atoms with E-state index in [1.807, 2.05) is 0 Å². The summed E-state index contributed by atoms with van der Waals surface area (Å²) in [4.78, 5) is 21.7. The van der Waals surface area contributed by atoms with E-state index in [1.54, 1.807) is 6.07 Å². The van der Waals surface area contributed by atoms with Crippen molar-refractivity contribution >= 4 is 11.8 Å². The molecule has 0 saturated carbocycles. The zero-order valence-electron chi connectivity index (χ0n) is 6.94. The molecule has 0 aromatic rings. The molecule has 13 heavy (non-hydrogen) atoms. The molecular weight excluding hydrogens is 170 g/mol. The molecule has 0 amide bonds. The third kappa shape index (κ3) is 1.49. The zero-order chi connectivity index (χ0) is 10.1. The molecule has 0 spiro atoms. The average Bonchev–Trinajstić information content (AvgIpc) is 2.09. The second-order valence-electron chi connectivity index (χ2n) is 2.96. The van der Waals surface area contributed by atoms with Gasteiger partial charge in [0.1, 0.15) is 11.5 Å². The van der Waals surface area contributed by atoms with Crippen LogP contribution in [0.2, 0.25) is 0 Å². The number of hydrogen-bond donors (Lipinski definition) is 1. The van der Waals surface area contributed by atoms with Crippen molar-refractivity contribution in [3.63, 3.8) is 0 Å². The highest BCUT2D eigenvalue weighted by Gasteiger charge is 2.32. The highest BCUT2D eigenvalue weighted by Crippen LogP contribution is 2.26. The average molecular weight is 177 g/mol. The standard InChI is InChI=1S/C9H7NO3/c1-9(8(12)13)3-2-7(11)6(4-9)5-10/h2-4H,1H3,(H,12,13). The van der Waals surface area contributed by atoms with Crippen LogP contribution in [0.3, 0.4) is 0 Å². The lowest BCUT2D eigenvalue weighted by Crippen LogP contribution is -2.26. The summed E-state index contributed by atoms with van der Waals surface area (Å²) in [6, 6.07) is 1.66. The summed E-state index contributed by atoms with van der Waals surface area (Å²) < 4.78 is 0. The molecule has 0 heterocycles. The van der Waals surface area contributed by atoms with E-state index in [-0.39, 0.29) is 5.57 Å². The number of allylic oxidation sites excluding steroid dienone is 2. The lowest BCUT2D eigenvalue weighted by molar-refractivity contribution is -0.142. The number of carbonyl (C=O) groups is 2. The maximum atomic E-state index is 11.0. The minimum absolute atomic E-state index is 0.118. The number of ketones is 1. The number of nitrogens with zero attached hydrogens (tertiary/aromatic N) is 1. The molecule has 0 aliphatic heterocycles. The predicted octanol–water partition coefficient (Wildman–Crippen LogP) is 0.666. The van der Waals surface area contributed by atoms with E-state index in [9.17, 15) is 9.59 Å². The van der Waals surface area contributed by atoms with Crippen molar-refractivity contribution in [3.8, 4) is 6.07 Å². The Morgan fingerprint density at radius 1 is 1.69 bits per heavy atom. The van der Waals surface area contributed by atoms with Crippen LogP contribution in [0.15, 0.2) is 23.8 Å². The van der Waals surface area contributed by atoms with E-state index in [4.69, 9.17) is 10.4 Å². The van der Waals surface area contributed by atoms with Crippen LogP contribution in [0.5, 0.6) is 0 Å². The van der Waals surface area contributed by atoms with Gasteiger partial charge in [0.25, 0.3) is 0 Å². The second kappa shape index (κ2) is 2.87. The molecule has 1 aliphatic carbocycles. The minimum Gasteiger partial charge on any atom is -0.480 e. The van der Waals surface area contributed by atoms with E-state index < -0.39 is 17.2 Å². The molecule has 0 saturated heterocycles. The summed E-state index contributed by atoms with van der Waals surface area (Å²) in [5.41, 5.74) is -1.36. The molecule has 1 rings (SSSR count). The smallest absolute Gasteiger partial charge is 0.317 e. The molecular formula is C9H7NO3. The monoisotopic (exact) mass is 177 g/mol. The number of hydrogen-bond acceptors (Lipinski definition) is 3. The van der Waals surface area contributed by atoms with Crippen LogP contribution in [-0.4, -0.2) is 16.9 Å². The molecule has 4 nitrogen and oxygen atoms in total. The summed E-state index contributed by atoms with van der Waals surface area (Å²) in [5.74, 6) is -1.52. The maximum Gasteiger partial charge on any atom is 0.317 e. The molecule has 0 radical (unpaired) electrons. The lowest BCUT2D eigenvalue weighted by atomic mass is 9.83. The molecule has 0 aromatic carbocycles. The van der Waals surface area contributed by atoms with Crippen molar-refractivity contribution in [2.45, 2.75) is 6.92 Å². The van der Waals surface area contributed by atoms with Crippen LogP contribution >= 0.6 is 0 Å². The highest BCUT2D eigenvalue weighted by molar-refractivity contribution is 6.09. The fraction of sp³-hybridized carbons (Fsp3) is 0.222. The largest absolute Gasteiger partial charge is 0.480 e. The van der Waals surface area contributed by atoms with Crippen LogP contribution in [0.25, 0.3) is 0 Å². The fourth-order valence-corrected chi connectivity index (χ4v) is 0.978. The fourth-order valence-electron chi connectivity index (χ4n) is 0.978. The van der Waals surface area contributed by atoms with Gasteiger partial charge in [-0.15, -0.1) is 0 Å². The maximum absolute atomic E-state index is 11.0. The number of carboxylic acids is 1. The molecule has 4 heteroatoms. The molecule has 1 N–H and O–H groups in total. The minimum atomic E-state index is -1.24. The van der Waals surface area contributed by atoms with Crippen LogP contribution in [0, 0.1) is 16.7 Å². The van der Waals surface area contributed by atoms with E-state index in [2.05, 4.69) is 0 Å². The molecule has 0 bridgehead atoms. The van der Waals surface area contributed by atoms with Gasteiger partial charge in [0.15, 0.2) is 5.78 Å². The Bertz CT molecular complexity index is 373. The molecule has 0 fully saturated rings. The third-order valence-corrected chi connectivity index (χ3v) is 1.87. The summed E-state index contributed by atoms with van der Waals surface area (Å²) in [5, 5.41) is 17.3. The van der Waals surface area contributed by atoms with Crippen molar-refractivity contribution in [1.82, 2.24) is 0 Å². The number of aliphatic carboxylic acids is 1. The summed E-state index contributed by atoms with van der Waals surface area (Å²) in [7, 11) is 0. The molecule has 1 aliphatic rings. The quantitative estimate of drug-likeness (QED) is 0.638. The van der Waals surface area contributed by atoms with Gasteiger partial charge >= 0.3 is 5.97 Å². The Balaban J connectivity index is 3.16. The number of carbonyl (C=O) groups excluding carboxylic acids is 1. The third-order valence-electron chi connectivity index (χ3n) is 1.87. The summed E-state index contributed by atoms with van der Waals surface area (Å²) in [6.07, 6.45) is 3.56. The van der Waals surface area contributed by atoms with Crippen molar-refractivity contribution in [1.29, 1.82) is 5.26 Å². The Labute approximate surface area is 74.8 Å². The molecule has 0 aromatic heterocycles. The highest BCUT2D eigenvalue weighted by atomic mass is 16.4. The predicted molar refractivity (Wildman–Crippen MR) is 43.6 cm³/mol. The number of carboxylic acid groups (broad SMARTS) is 1. The first kappa shape index (κ1) is 9.20. The summed E-state index contributed by atoms with van der Waals surface area (Å²) in [6.45, 7) is 1.43. The second-order valence-corrected chi connectivity index (χ2v) is 2.96. The van der Waals surface area contributed by atoms with Crippen LogP contribution in [-0.2, 0) is 9.59 Å². The van der Waals surface area contributed by atoms with Gasteiger partial charge < -0.3 is 5.11 Å². The van der Waals surface area contributed by atoms with Crippen LogP contribution in [0.4, 0.5) is 0 Å². The normalized spacial score (nSPS) is 26.5. The van der Waals surface area contributed by atoms with Crippen LogP contribution in [0.1, 0.15) is 6.92 Å².